The molecule has 1 aromatic heterocycles. The van der Waals surface area contributed by atoms with Crippen LogP contribution in [0.25, 0.3) is 10.9 Å². The lowest BCUT2D eigenvalue weighted by Crippen LogP contribution is -2.71. The van der Waals surface area contributed by atoms with E-state index in [-0.39, 0.29) is 17.5 Å². The Morgan fingerprint density at radius 2 is 1.86 bits per heavy atom. The van der Waals surface area contributed by atoms with Crippen LogP contribution in [0, 0.1) is 29.6 Å². The first-order valence-electron chi connectivity index (χ1n) is 14.3. The Kier molecular flexibility index (Phi) is 5.34. The minimum Gasteiger partial charge on any atom is -0.382 e. The van der Waals surface area contributed by atoms with Crippen LogP contribution in [0.2, 0.25) is 0 Å². The van der Waals surface area contributed by atoms with Crippen molar-refractivity contribution in [3.63, 3.8) is 0 Å². The molecule has 3 aliphatic heterocycles. The zero-order valence-electron chi connectivity index (χ0n) is 21.3. The maximum Gasteiger partial charge on any atom is 0.275 e. The molecular formula is C31H40N3O2+. The maximum atomic E-state index is 13.8. The summed E-state index contributed by atoms with van der Waals surface area (Å²) in [5.74, 6) is 3.61. The van der Waals surface area contributed by atoms with E-state index in [0.717, 1.165) is 60.2 Å². The molecule has 2 aromatic rings. The Balaban J connectivity index is 1.18. The van der Waals surface area contributed by atoms with Gasteiger partial charge in [-0.2, -0.15) is 0 Å². The van der Waals surface area contributed by atoms with Crippen LogP contribution in [0.5, 0.6) is 0 Å². The number of benzene rings is 1. The number of hydrogen-bond donors (Lipinski definition) is 2. The largest absolute Gasteiger partial charge is 0.382 e. The zero-order valence-corrected chi connectivity index (χ0v) is 21.3. The van der Waals surface area contributed by atoms with Gasteiger partial charge in [0, 0.05) is 35.9 Å². The first-order valence-corrected chi connectivity index (χ1v) is 14.3. The zero-order chi connectivity index (χ0) is 24.5. The number of rotatable bonds is 6. The summed E-state index contributed by atoms with van der Waals surface area (Å²) < 4.78 is 0.684. The standard InChI is InChI=1S/C31H39N3O2/c1-2-23-18-34(19-29(35)33-31-15-20-11-21(16-31)13-22(12-20)17-31)10-8-24(23)14-28(34)30(36)26-7-9-32-27-6-4-3-5-25(26)27/h2-7,9,20-24,28,30,36H,1,8,10-19H2/p+1/t20?,21?,22?,23-,24-,28+,30-,31?,34-/m0/s1. The fraction of sp³-hybridized carbons (Fsp3) is 0.613. The number of quaternary nitrogens is 1. The van der Waals surface area contributed by atoms with Gasteiger partial charge in [0.1, 0.15) is 12.1 Å². The lowest BCUT2D eigenvalue weighted by Gasteiger charge is -2.59. The lowest BCUT2D eigenvalue weighted by atomic mass is 9.53. The van der Waals surface area contributed by atoms with Gasteiger partial charge in [-0.15, -0.1) is 6.58 Å². The number of amides is 1. The van der Waals surface area contributed by atoms with Crippen molar-refractivity contribution in [2.24, 2.45) is 29.6 Å². The molecule has 3 saturated heterocycles. The lowest BCUT2D eigenvalue weighted by molar-refractivity contribution is -0.966. The van der Waals surface area contributed by atoms with Crippen LogP contribution in [-0.4, -0.2) is 51.7 Å². The molecule has 5 nitrogen and oxygen atoms in total. The predicted octanol–water partition coefficient (Wildman–Crippen LogP) is 4.76. The van der Waals surface area contributed by atoms with Gasteiger partial charge in [-0.3, -0.25) is 9.78 Å². The number of aliphatic hydroxyl groups is 1. The molecule has 7 aliphatic rings. The second kappa shape index (κ2) is 8.39. The number of nitrogens with zero attached hydrogens (tertiary/aromatic N) is 2. The van der Waals surface area contributed by atoms with E-state index in [2.05, 4.69) is 29.0 Å². The SMILES string of the molecule is C=C[C@H]1C[N@+]2(CC(=O)NC34CC5CC(CC(C5)C3)C4)CC[C@H]1C[C@@H]2[C@@H](O)c1ccnc2ccccc12. The summed E-state index contributed by atoms with van der Waals surface area (Å²) in [6.45, 7) is 6.50. The Morgan fingerprint density at radius 3 is 2.58 bits per heavy atom. The van der Waals surface area contributed by atoms with Gasteiger partial charge in [0.05, 0.1) is 18.6 Å². The molecule has 0 radical (unpaired) electrons. The molecule has 4 aliphatic carbocycles. The minimum atomic E-state index is -0.612. The van der Waals surface area contributed by atoms with Crippen LogP contribution in [0.15, 0.2) is 49.2 Å². The van der Waals surface area contributed by atoms with Crippen molar-refractivity contribution in [2.45, 2.75) is 69.1 Å². The van der Waals surface area contributed by atoms with Gasteiger partial charge in [0.25, 0.3) is 5.91 Å². The van der Waals surface area contributed by atoms with Crippen LogP contribution < -0.4 is 5.32 Å². The summed E-state index contributed by atoms with van der Waals surface area (Å²) >= 11 is 0. The second-order valence-electron chi connectivity index (χ2n) is 13.1. The summed E-state index contributed by atoms with van der Waals surface area (Å²) in [4.78, 5) is 18.4. The van der Waals surface area contributed by atoms with E-state index in [4.69, 9.17) is 0 Å². The highest BCUT2D eigenvalue weighted by Crippen LogP contribution is 2.55. The van der Waals surface area contributed by atoms with E-state index < -0.39 is 6.10 Å². The highest BCUT2D eigenvalue weighted by molar-refractivity contribution is 5.82. The molecule has 36 heavy (non-hydrogen) atoms. The molecular weight excluding hydrogens is 446 g/mol. The number of aromatic nitrogens is 1. The summed E-state index contributed by atoms with van der Waals surface area (Å²) in [5.41, 5.74) is 1.90. The highest BCUT2D eigenvalue weighted by atomic mass is 16.3. The van der Waals surface area contributed by atoms with Crippen LogP contribution >= 0.6 is 0 Å². The van der Waals surface area contributed by atoms with Crippen molar-refractivity contribution in [3.8, 4) is 0 Å². The first kappa shape index (κ1) is 22.9. The van der Waals surface area contributed by atoms with Crippen LogP contribution in [0.3, 0.4) is 0 Å². The number of hydrogen-bond acceptors (Lipinski definition) is 3. The number of piperidine rings is 3. The Bertz CT molecular complexity index is 1150. The van der Waals surface area contributed by atoms with Crippen molar-refractivity contribution in [3.05, 3.63) is 54.7 Å². The van der Waals surface area contributed by atoms with Crippen LogP contribution in [-0.2, 0) is 4.79 Å². The third-order valence-electron chi connectivity index (χ3n) is 10.9. The molecule has 5 atom stereocenters. The molecule has 0 spiro atoms. The summed E-state index contributed by atoms with van der Waals surface area (Å²) in [5, 5.41) is 16.6. The Labute approximate surface area is 214 Å². The molecule has 1 aromatic carbocycles. The monoisotopic (exact) mass is 486 g/mol. The van der Waals surface area contributed by atoms with E-state index in [1.165, 1.54) is 38.5 Å². The normalized spacial score (nSPS) is 41.4. The van der Waals surface area contributed by atoms with Gasteiger partial charge in [0.15, 0.2) is 6.54 Å². The molecule has 5 heteroatoms. The molecule has 4 heterocycles. The molecule has 6 bridgehead atoms. The van der Waals surface area contributed by atoms with Crippen molar-refractivity contribution < 1.29 is 14.4 Å². The van der Waals surface area contributed by atoms with Crippen molar-refractivity contribution in [2.75, 3.05) is 19.6 Å². The average molecular weight is 487 g/mol. The summed E-state index contributed by atoms with van der Waals surface area (Å²) in [6, 6.07) is 10.1. The Morgan fingerprint density at radius 1 is 1.14 bits per heavy atom. The smallest absolute Gasteiger partial charge is 0.275 e. The number of carbonyl (C=O) groups excluding carboxylic acids is 1. The molecule has 2 N–H and O–H groups in total. The van der Waals surface area contributed by atoms with Crippen molar-refractivity contribution in [1.82, 2.24) is 10.3 Å². The predicted molar refractivity (Wildman–Crippen MR) is 141 cm³/mol. The molecule has 0 unspecified atom stereocenters. The maximum absolute atomic E-state index is 13.8. The van der Waals surface area contributed by atoms with Crippen LogP contribution in [0.1, 0.15) is 63.0 Å². The molecule has 1 amide bonds. The fourth-order valence-corrected chi connectivity index (χ4v) is 9.85. The number of fused-ring (bicyclic) bond motifs is 4. The van der Waals surface area contributed by atoms with E-state index in [1.54, 1.807) is 0 Å². The first-order chi connectivity index (χ1) is 17.5. The number of para-hydroxylation sites is 1. The van der Waals surface area contributed by atoms with E-state index in [9.17, 15) is 9.90 Å². The third-order valence-corrected chi connectivity index (χ3v) is 10.9. The number of pyridine rings is 1. The van der Waals surface area contributed by atoms with Gasteiger partial charge in [0.2, 0.25) is 0 Å². The molecule has 9 rings (SSSR count). The fourth-order valence-electron chi connectivity index (χ4n) is 9.85. The quantitative estimate of drug-likeness (QED) is 0.457. The van der Waals surface area contributed by atoms with Crippen LogP contribution in [0.4, 0.5) is 0 Å². The number of carbonyl (C=O) groups is 1. The molecule has 7 fully saturated rings. The van der Waals surface area contributed by atoms with Gasteiger partial charge in [-0.1, -0.05) is 24.3 Å². The van der Waals surface area contributed by atoms with E-state index in [0.29, 0.717) is 22.9 Å². The number of aliphatic hydroxyl groups excluding tert-OH is 1. The van der Waals surface area contributed by atoms with Gasteiger partial charge < -0.3 is 14.9 Å². The molecule has 190 valence electrons. The highest BCUT2D eigenvalue weighted by Gasteiger charge is 2.56. The molecule has 4 saturated carbocycles. The Hall–Kier alpha value is -2.24. The minimum absolute atomic E-state index is 0.0212. The van der Waals surface area contributed by atoms with E-state index >= 15 is 0 Å². The van der Waals surface area contributed by atoms with Gasteiger partial charge in [-0.05, 0) is 79.9 Å². The summed E-state index contributed by atoms with van der Waals surface area (Å²) in [7, 11) is 0. The van der Waals surface area contributed by atoms with E-state index in [1.807, 2.05) is 30.5 Å². The second-order valence-corrected chi connectivity index (χ2v) is 13.1. The average Bonchev–Trinajstić information content (AvgIpc) is 2.86. The topological polar surface area (TPSA) is 62.2 Å². The third kappa shape index (κ3) is 3.65. The van der Waals surface area contributed by atoms with Crippen molar-refractivity contribution in [1.29, 1.82) is 0 Å². The van der Waals surface area contributed by atoms with Crippen molar-refractivity contribution >= 4 is 16.8 Å². The van der Waals surface area contributed by atoms with Gasteiger partial charge in [-0.25, -0.2) is 0 Å². The summed E-state index contributed by atoms with van der Waals surface area (Å²) in [6.07, 6.45) is 13.0. The number of nitrogens with one attached hydrogen (secondary N) is 1. The van der Waals surface area contributed by atoms with Gasteiger partial charge >= 0.3 is 0 Å².